The summed E-state index contributed by atoms with van der Waals surface area (Å²) in [5, 5.41) is 17.8. The van der Waals surface area contributed by atoms with Gasteiger partial charge in [0.15, 0.2) is 0 Å². The molecule has 1 aromatic rings. The SMILES string of the molecule is Cc1ccn(C2CNCCC2(C)O)n1. The van der Waals surface area contributed by atoms with Crippen LogP contribution in [0.3, 0.4) is 0 Å². The Kier molecular flexibility index (Phi) is 2.33. The Morgan fingerprint density at radius 1 is 1.71 bits per heavy atom. The van der Waals surface area contributed by atoms with E-state index in [2.05, 4.69) is 10.4 Å². The summed E-state index contributed by atoms with van der Waals surface area (Å²) in [7, 11) is 0. The highest BCUT2D eigenvalue weighted by Gasteiger charge is 2.35. The molecule has 2 N–H and O–H groups in total. The maximum atomic E-state index is 10.2. The summed E-state index contributed by atoms with van der Waals surface area (Å²) < 4.78 is 1.86. The van der Waals surface area contributed by atoms with Crippen molar-refractivity contribution in [1.29, 1.82) is 0 Å². The molecule has 78 valence electrons. The summed E-state index contributed by atoms with van der Waals surface area (Å²) in [5.74, 6) is 0. The minimum Gasteiger partial charge on any atom is -0.388 e. The van der Waals surface area contributed by atoms with Crippen molar-refractivity contribution in [3.63, 3.8) is 0 Å². The van der Waals surface area contributed by atoms with Crippen LogP contribution in [0.2, 0.25) is 0 Å². The van der Waals surface area contributed by atoms with Gasteiger partial charge in [0.2, 0.25) is 0 Å². The van der Waals surface area contributed by atoms with Crippen LogP contribution in [-0.4, -0.2) is 33.6 Å². The number of rotatable bonds is 1. The van der Waals surface area contributed by atoms with Gasteiger partial charge in [-0.3, -0.25) is 4.68 Å². The van der Waals surface area contributed by atoms with Gasteiger partial charge in [-0.1, -0.05) is 0 Å². The van der Waals surface area contributed by atoms with E-state index >= 15 is 0 Å². The molecular weight excluding hydrogens is 178 g/mol. The first-order valence-corrected chi connectivity index (χ1v) is 5.04. The molecule has 0 bridgehead atoms. The van der Waals surface area contributed by atoms with Crippen LogP contribution in [0.25, 0.3) is 0 Å². The van der Waals surface area contributed by atoms with E-state index in [4.69, 9.17) is 0 Å². The van der Waals surface area contributed by atoms with E-state index in [0.29, 0.717) is 0 Å². The van der Waals surface area contributed by atoms with Gasteiger partial charge in [-0.2, -0.15) is 5.10 Å². The molecule has 2 atom stereocenters. The Labute approximate surface area is 83.9 Å². The molecule has 0 amide bonds. The third kappa shape index (κ3) is 1.67. The molecule has 4 nitrogen and oxygen atoms in total. The topological polar surface area (TPSA) is 50.1 Å². The Morgan fingerprint density at radius 3 is 3.07 bits per heavy atom. The molecule has 1 aromatic heterocycles. The third-order valence-corrected chi connectivity index (χ3v) is 2.92. The Morgan fingerprint density at radius 2 is 2.50 bits per heavy atom. The van der Waals surface area contributed by atoms with Crippen molar-refractivity contribution in [2.75, 3.05) is 13.1 Å². The first-order valence-electron chi connectivity index (χ1n) is 5.04. The second-order valence-corrected chi connectivity index (χ2v) is 4.26. The maximum absolute atomic E-state index is 10.2. The van der Waals surface area contributed by atoms with E-state index in [1.165, 1.54) is 0 Å². The predicted molar refractivity (Wildman–Crippen MR) is 54.1 cm³/mol. The van der Waals surface area contributed by atoms with Crippen LogP contribution in [0.1, 0.15) is 25.1 Å². The van der Waals surface area contributed by atoms with Crippen molar-refractivity contribution in [2.24, 2.45) is 0 Å². The zero-order valence-electron chi connectivity index (χ0n) is 8.70. The first-order chi connectivity index (χ1) is 6.59. The molecule has 2 heterocycles. The number of nitrogens with one attached hydrogen (secondary N) is 1. The van der Waals surface area contributed by atoms with Crippen LogP contribution in [0.4, 0.5) is 0 Å². The highest BCUT2D eigenvalue weighted by Crippen LogP contribution is 2.27. The van der Waals surface area contributed by atoms with Crippen molar-refractivity contribution in [2.45, 2.75) is 31.9 Å². The van der Waals surface area contributed by atoms with Crippen LogP contribution >= 0.6 is 0 Å². The highest BCUT2D eigenvalue weighted by molar-refractivity contribution is 5.00. The minimum atomic E-state index is -0.649. The average molecular weight is 195 g/mol. The smallest absolute Gasteiger partial charge is 0.0927 e. The summed E-state index contributed by atoms with van der Waals surface area (Å²) in [6.07, 6.45) is 2.71. The number of aromatic nitrogens is 2. The molecule has 2 unspecified atom stereocenters. The molecule has 0 aromatic carbocycles. The molecule has 1 aliphatic rings. The van der Waals surface area contributed by atoms with E-state index in [1.807, 2.05) is 30.8 Å². The molecule has 1 fully saturated rings. The first kappa shape index (κ1) is 9.68. The molecular formula is C10H17N3O. The number of piperidine rings is 1. The number of nitrogens with zero attached hydrogens (tertiary/aromatic N) is 2. The second-order valence-electron chi connectivity index (χ2n) is 4.26. The normalized spacial score (nSPS) is 33.2. The van der Waals surface area contributed by atoms with Crippen molar-refractivity contribution < 1.29 is 5.11 Å². The lowest BCUT2D eigenvalue weighted by Gasteiger charge is -2.37. The summed E-state index contributed by atoms with van der Waals surface area (Å²) in [5.41, 5.74) is 0.343. The molecule has 1 aliphatic heterocycles. The van der Waals surface area contributed by atoms with Crippen LogP contribution in [0.15, 0.2) is 12.3 Å². The average Bonchev–Trinajstić information content (AvgIpc) is 2.51. The van der Waals surface area contributed by atoms with Crippen molar-refractivity contribution >= 4 is 0 Å². The summed E-state index contributed by atoms with van der Waals surface area (Å²) in [4.78, 5) is 0. The summed E-state index contributed by atoms with van der Waals surface area (Å²) >= 11 is 0. The largest absolute Gasteiger partial charge is 0.388 e. The van der Waals surface area contributed by atoms with Crippen molar-refractivity contribution in [1.82, 2.24) is 15.1 Å². The third-order valence-electron chi connectivity index (χ3n) is 2.92. The Hall–Kier alpha value is -0.870. The summed E-state index contributed by atoms with van der Waals surface area (Å²) in [6, 6.07) is 2.01. The van der Waals surface area contributed by atoms with Gasteiger partial charge >= 0.3 is 0 Å². The highest BCUT2D eigenvalue weighted by atomic mass is 16.3. The van der Waals surface area contributed by atoms with Gasteiger partial charge in [0.1, 0.15) is 0 Å². The molecule has 0 radical (unpaired) electrons. The zero-order valence-corrected chi connectivity index (χ0v) is 8.70. The number of hydrogen-bond donors (Lipinski definition) is 2. The standard InChI is InChI=1S/C10H17N3O/c1-8-3-6-13(12-8)9-7-11-5-4-10(9,2)14/h3,6,9,11,14H,4-5,7H2,1-2H3. The van der Waals surface area contributed by atoms with E-state index < -0.39 is 5.60 Å². The van der Waals surface area contributed by atoms with Gasteiger partial charge in [0.05, 0.1) is 17.3 Å². The lowest BCUT2D eigenvalue weighted by molar-refractivity contribution is -0.0215. The predicted octanol–water partition coefficient (Wildman–Crippen LogP) is 0.477. The van der Waals surface area contributed by atoms with E-state index in [1.54, 1.807) is 0 Å². The maximum Gasteiger partial charge on any atom is 0.0927 e. The molecule has 14 heavy (non-hydrogen) atoms. The van der Waals surface area contributed by atoms with Gasteiger partial charge in [-0.25, -0.2) is 0 Å². The van der Waals surface area contributed by atoms with Crippen LogP contribution < -0.4 is 5.32 Å². The van der Waals surface area contributed by atoms with E-state index in [-0.39, 0.29) is 6.04 Å². The summed E-state index contributed by atoms with van der Waals surface area (Å²) in [6.45, 7) is 5.51. The Bertz CT molecular complexity index is 319. The second kappa shape index (κ2) is 3.37. The van der Waals surface area contributed by atoms with Crippen molar-refractivity contribution in [3.8, 4) is 0 Å². The molecule has 0 spiro atoms. The van der Waals surface area contributed by atoms with E-state index in [0.717, 1.165) is 25.2 Å². The van der Waals surface area contributed by atoms with E-state index in [9.17, 15) is 5.11 Å². The fourth-order valence-electron chi connectivity index (χ4n) is 1.95. The zero-order chi connectivity index (χ0) is 10.2. The van der Waals surface area contributed by atoms with Crippen LogP contribution in [-0.2, 0) is 0 Å². The fraction of sp³-hybridized carbons (Fsp3) is 0.700. The van der Waals surface area contributed by atoms with Gasteiger partial charge in [0, 0.05) is 12.7 Å². The van der Waals surface area contributed by atoms with Crippen LogP contribution in [0, 0.1) is 6.92 Å². The number of hydrogen-bond acceptors (Lipinski definition) is 3. The fourth-order valence-corrected chi connectivity index (χ4v) is 1.95. The Balaban J connectivity index is 2.23. The molecule has 4 heteroatoms. The van der Waals surface area contributed by atoms with Gasteiger partial charge in [0.25, 0.3) is 0 Å². The van der Waals surface area contributed by atoms with Crippen molar-refractivity contribution in [3.05, 3.63) is 18.0 Å². The molecule has 2 rings (SSSR count). The van der Waals surface area contributed by atoms with Gasteiger partial charge in [-0.15, -0.1) is 0 Å². The van der Waals surface area contributed by atoms with Crippen LogP contribution in [0.5, 0.6) is 0 Å². The van der Waals surface area contributed by atoms with Gasteiger partial charge < -0.3 is 10.4 Å². The lowest BCUT2D eigenvalue weighted by Crippen LogP contribution is -2.49. The van der Waals surface area contributed by atoms with Gasteiger partial charge in [-0.05, 0) is 32.9 Å². The molecule has 0 aliphatic carbocycles. The number of aryl methyl sites for hydroxylation is 1. The minimum absolute atomic E-state index is 0.0462. The quantitative estimate of drug-likeness (QED) is 0.685. The lowest BCUT2D eigenvalue weighted by atomic mass is 9.90. The monoisotopic (exact) mass is 195 g/mol. The molecule has 0 saturated carbocycles. The number of aliphatic hydroxyl groups is 1. The molecule has 1 saturated heterocycles.